The molecule has 0 fully saturated rings. The molecule has 0 unspecified atom stereocenters. The summed E-state index contributed by atoms with van der Waals surface area (Å²) in [5.41, 5.74) is 3.02. The molecule has 0 atom stereocenters. The summed E-state index contributed by atoms with van der Waals surface area (Å²) < 4.78 is 16.9. The average Bonchev–Trinajstić information content (AvgIpc) is 2.62. The highest BCUT2D eigenvalue weighted by atomic mass is 79.9. The lowest BCUT2D eigenvalue weighted by Gasteiger charge is -2.11. The maximum atomic E-state index is 11.9. The highest BCUT2D eigenvalue weighted by Gasteiger charge is 2.11. The number of benzene rings is 2. The number of carbonyl (C=O) groups is 1. The van der Waals surface area contributed by atoms with Crippen LogP contribution in [0.2, 0.25) is 0 Å². The number of hydrazone groups is 1. The van der Waals surface area contributed by atoms with Crippen LogP contribution in [0.15, 0.2) is 44.4 Å². The molecule has 0 spiro atoms. The van der Waals surface area contributed by atoms with Crippen LogP contribution in [0.1, 0.15) is 5.56 Å². The molecule has 0 aliphatic rings. The normalized spacial score (nSPS) is 10.6. The minimum absolute atomic E-state index is 0.0257. The molecule has 0 saturated heterocycles. The molecule has 26 heavy (non-hydrogen) atoms. The van der Waals surface area contributed by atoms with Crippen molar-refractivity contribution in [2.45, 2.75) is 0 Å². The molecule has 0 aliphatic heterocycles. The lowest BCUT2D eigenvalue weighted by molar-refractivity contribution is -0.123. The zero-order chi connectivity index (χ0) is 19.1. The van der Waals surface area contributed by atoms with Crippen molar-refractivity contribution in [3.05, 3.63) is 44.8 Å². The number of nitrogens with one attached hydrogen (secondary N) is 1. The van der Waals surface area contributed by atoms with Gasteiger partial charge < -0.3 is 19.3 Å². The largest absolute Gasteiger partial charge is 0.504 e. The SMILES string of the molecule is COc1cc(Br)c(OCC(=O)N/N=C/c2ccc(O)c(OC)c2)c(Br)c1. The first-order chi connectivity index (χ1) is 12.4. The molecule has 0 aromatic heterocycles. The van der Waals surface area contributed by atoms with Crippen molar-refractivity contribution in [1.82, 2.24) is 5.43 Å². The maximum Gasteiger partial charge on any atom is 0.277 e. The molecule has 7 nitrogen and oxygen atoms in total. The van der Waals surface area contributed by atoms with Crippen LogP contribution in [0.3, 0.4) is 0 Å². The fourth-order valence-electron chi connectivity index (χ4n) is 1.92. The Bertz CT molecular complexity index is 804. The third kappa shape index (κ3) is 5.37. The Morgan fingerprint density at radius 3 is 2.50 bits per heavy atom. The summed E-state index contributed by atoms with van der Waals surface area (Å²) in [4.78, 5) is 11.9. The van der Waals surface area contributed by atoms with Gasteiger partial charge in [0.15, 0.2) is 18.1 Å². The van der Waals surface area contributed by atoms with E-state index in [9.17, 15) is 9.90 Å². The van der Waals surface area contributed by atoms with E-state index in [0.29, 0.717) is 31.8 Å². The predicted molar refractivity (Wildman–Crippen MR) is 104 cm³/mol. The molecule has 2 rings (SSSR count). The Balaban J connectivity index is 1.91. The minimum Gasteiger partial charge on any atom is -0.504 e. The van der Waals surface area contributed by atoms with E-state index >= 15 is 0 Å². The molecular weight excluding hydrogens is 472 g/mol. The summed E-state index contributed by atoms with van der Waals surface area (Å²) in [6.07, 6.45) is 1.43. The van der Waals surface area contributed by atoms with E-state index in [1.807, 2.05) is 0 Å². The van der Waals surface area contributed by atoms with Gasteiger partial charge in [0.2, 0.25) is 0 Å². The second kappa shape index (κ2) is 9.44. The van der Waals surface area contributed by atoms with Crippen LogP contribution in [-0.2, 0) is 4.79 Å². The highest BCUT2D eigenvalue weighted by Crippen LogP contribution is 2.37. The molecule has 1 amide bonds. The van der Waals surface area contributed by atoms with Crippen molar-refractivity contribution in [1.29, 1.82) is 0 Å². The minimum atomic E-state index is -0.429. The lowest BCUT2D eigenvalue weighted by atomic mass is 10.2. The van der Waals surface area contributed by atoms with E-state index in [1.165, 1.54) is 19.4 Å². The molecule has 2 aromatic carbocycles. The summed E-state index contributed by atoms with van der Waals surface area (Å²) in [5, 5.41) is 13.4. The van der Waals surface area contributed by atoms with Gasteiger partial charge in [-0.2, -0.15) is 5.10 Å². The Labute approximate surface area is 167 Å². The number of hydrogen-bond donors (Lipinski definition) is 2. The van der Waals surface area contributed by atoms with Crippen molar-refractivity contribution >= 4 is 44.0 Å². The molecular formula is C17H16Br2N2O5. The van der Waals surface area contributed by atoms with Crippen molar-refractivity contribution in [3.8, 4) is 23.0 Å². The van der Waals surface area contributed by atoms with E-state index in [1.54, 1.807) is 31.4 Å². The molecule has 138 valence electrons. The van der Waals surface area contributed by atoms with Crippen LogP contribution in [0, 0.1) is 0 Å². The van der Waals surface area contributed by atoms with E-state index in [4.69, 9.17) is 14.2 Å². The van der Waals surface area contributed by atoms with Gasteiger partial charge >= 0.3 is 0 Å². The van der Waals surface area contributed by atoms with Crippen molar-refractivity contribution in [3.63, 3.8) is 0 Å². The number of halogens is 2. The molecule has 0 bridgehead atoms. The van der Waals surface area contributed by atoms with Crippen LogP contribution >= 0.6 is 31.9 Å². The fraction of sp³-hybridized carbons (Fsp3) is 0.176. The van der Waals surface area contributed by atoms with Crippen molar-refractivity contribution < 1.29 is 24.1 Å². The van der Waals surface area contributed by atoms with Gasteiger partial charge in [0.05, 0.1) is 29.4 Å². The average molecular weight is 488 g/mol. The smallest absolute Gasteiger partial charge is 0.277 e. The van der Waals surface area contributed by atoms with E-state index in [2.05, 4.69) is 42.4 Å². The number of hydrogen-bond acceptors (Lipinski definition) is 6. The summed E-state index contributed by atoms with van der Waals surface area (Å²) in [5.74, 6) is 1.04. The van der Waals surface area contributed by atoms with Crippen LogP contribution in [0.25, 0.3) is 0 Å². The molecule has 0 saturated carbocycles. The monoisotopic (exact) mass is 486 g/mol. The lowest BCUT2D eigenvalue weighted by Crippen LogP contribution is -2.24. The molecule has 0 radical (unpaired) electrons. The Hall–Kier alpha value is -2.26. The van der Waals surface area contributed by atoms with Crippen LogP contribution in [-0.4, -0.2) is 38.1 Å². The molecule has 2 aromatic rings. The number of phenols is 1. The number of phenolic OH excluding ortho intramolecular Hbond substituents is 1. The summed E-state index contributed by atoms with van der Waals surface area (Å²) in [6, 6.07) is 8.16. The van der Waals surface area contributed by atoms with Gasteiger partial charge in [-0.3, -0.25) is 4.79 Å². The first-order valence-electron chi connectivity index (χ1n) is 7.29. The number of aromatic hydroxyl groups is 1. The maximum absolute atomic E-state index is 11.9. The van der Waals surface area contributed by atoms with Gasteiger partial charge in [-0.15, -0.1) is 0 Å². The second-order valence-electron chi connectivity index (χ2n) is 4.93. The zero-order valence-electron chi connectivity index (χ0n) is 14.0. The van der Waals surface area contributed by atoms with Crippen LogP contribution in [0.5, 0.6) is 23.0 Å². The third-order valence-corrected chi connectivity index (χ3v) is 4.34. The summed E-state index contributed by atoms with van der Waals surface area (Å²) >= 11 is 6.73. The summed E-state index contributed by atoms with van der Waals surface area (Å²) in [7, 11) is 3.01. The first kappa shape index (κ1) is 20.1. The zero-order valence-corrected chi connectivity index (χ0v) is 17.1. The van der Waals surface area contributed by atoms with Gasteiger partial charge in [0, 0.05) is 0 Å². The number of rotatable bonds is 7. The van der Waals surface area contributed by atoms with Gasteiger partial charge in [0.25, 0.3) is 5.91 Å². The quantitative estimate of drug-likeness (QED) is 0.461. The molecule has 2 N–H and O–H groups in total. The van der Waals surface area contributed by atoms with Crippen LogP contribution < -0.4 is 19.6 Å². The topological polar surface area (TPSA) is 89.4 Å². The first-order valence-corrected chi connectivity index (χ1v) is 8.88. The third-order valence-electron chi connectivity index (χ3n) is 3.16. The van der Waals surface area contributed by atoms with Crippen molar-refractivity contribution in [2.24, 2.45) is 5.10 Å². The Morgan fingerprint density at radius 2 is 1.88 bits per heavy atom. The van der Waals surface area contributed by atoms with E-state index < -0.39 is 5.91 Å². The molecule has 0 heterocycles. The predicted octanol–water partition coefficient (Wildman–Crippen LogP) is 3.46. The molecule has 0 aliphatic carbocycles. The number of nitrogens with zero attached hydrogens (tertiary/aromatic N) is 1. The van der Waals surface area contributed by atoms with Crippen LogP contribution in [0.4, 0.5) is 0 Å². The Kier molecular flexibility index (Phi) is 7.28. The van der Waals surface area contributed by atoms with Crippen molar-refractivity contribution in [2.75, 3.05) is 20.8 Å². The summed E-state index contributed by atoms with van der Waals surface area (Å²) in [6.45, 7) is -0.222. The fourth-order valence-corrected chi connectivity index (χ4v) is 3.29. The van der Waals surface area contributed by atoms with Gasteiger partial charge in [-0.1, -0.05) is 0 Å². The van der Waals surface area contributed by atoms with E-state index in [-0.39, 0.29) is 12.4 Å². The van der Waals surface area contributed by atoms with Gasteiger partial charge in [0.1, 0.15) is 11.5 Å². The van der Waals surface area contributed by atoms with Gasteiger partial charge in [-0.25, -0.2) is 5.43 Å². The Morgan fingerprint density at radius 1 is 1.19 bits per heavy atom. The standard InChI is InChI=1S/C17H16Br2N2O5/c1-24-11-6-12(18)17(13(19)7-11)26-9-16(23)21-20-8-10-3-4-14(22)15(5-10)25-2/h3-8,22H,9H2,1-2H3,(H,21,23)/b20-8+. The number of methoxy groups -OCH3 is 2. The van der Waals surface area contributed by atoms with E-state index in [0.717, 1.165) is 0 Å². The van der Waals surface area contributed by atoms with Gasteiger partial charge in [-0.05, 0) is 67.8 Å². The number of ether oxygens (including phenoxy) is 3. The molecule has 9 heteroatoms. The number of carbonyl (C=O) groups excluding carboxylic acids is 1. The second-order valence-corrected chi connectivity index (χ2v) is 6.64. The number of amides is 1. The highest BCUT2D eigenvalue weighted by molar-refractivity contribution is 9.11.